The number of carbonyl (C=O) groups excluding carboxylic acids is 1. The Hall–Kier alpha value is -0.650. The van der Waals surface area contributed by atoms with E-state index in [9.17, 15) is 9.90 Å². The van der Waals surface area contributed by atoms with E-state index in [0.29, 0.717) is 6.04 Å². The van der Waals surface area contributed by atoms with Gasteiger partial charge in [-0.3, -0.25) is 14.6 Å². The third-order valence-electron chi connectivity index (χ3n) is 5.06. The summed E-state index contributed by atoms with van der Waals surface area (Å²) in [5, 5.41) is 12.7. The molecule has 0 unspecified atom stereocenters. The van der Waals surface area contributed by atoms with Crippen LogP contribution in [0.3, 0.4) is 0 Å². The fourth-order valence-corrected chi connectivity index (χ4v) is 3.62. The zero-order valence-electron chi connectivity index (χ0n) is 14.3. The summed E-state index contributed by atoms with van der Waals surface area (Å²) >= 11 is 0. The second-order valence-electron chi connectivity index (χ2n) is 7.06. The Kier molecular flexibility index (Phi) is 7.12. The number of amides is 1. The van der Waals surface area contributed by atoms with Crippen LogP contribution in [0.5, 0.6) is 0 Å². The molecule has 2 atom stereocenters. The van der Waals surface area contributed by atoms with Gasteiger partial charge < -0.3 is 10.4 Å². The predicted molar refractivity (Wildman–Crippen MR) is 88.8 cm³/mol. The molecule has 0 aromatic carbocycles. The van der Waals surface area contributed by atoms with Crippen molar-refractivity contribution in [1.82, 2.24) is 15.1 Å². The largest absolute Gasteiger partial charge is 0.392 e. The van der Waals surface area contributed by atoms with E-state index in [1.54, 1.807) is 0 Å². The second-order valence-corrected chi connectivity index (χ2v) is 7.06. The molecular weight excluding hydrogens is 278 g/mol. The standard InChI is InChI=1S/C17H33N3O2/c1-14(21)13-19-9-11-20(12-10-19)15(2)17(22)18-16-7-5-3-4-6-8-16/h14-16,21H,3-13H2,1-2H3,(H,18,22)/t14-,15-/m1/s1. The Morgan fingerprint density at radius 2 is 1.68 bits per heavy atom. The van der Waals surface area contributed by atoms with Crippen LogP contribution in [0.15, 0.2) is 0 Å². The Balaban J connectivity index is 1.74. The van der Waals surface area contributed by atoms with Gasteiger partial charge >= 0.3 is 0 Å². The number of nitrogens with one attached hydrogen (secondary N) is 1. The van der Waals surface area contributed by atoms with E-state index in [1.165, 1.54) is 25.7 Å². The molecule has 0 aromatic rings. The lowest BCUT2D eigenvalue weighted by molar-refractivity contribution is -0.127. The lowest BCUT2D eigenvalue weighted by Crippen LogP contribution is -2.55. The van der Waals surface area contributed by atoms with Crippen molar-refractivity contribution in [3.63, 3.8) is 0 Å². The van der Waals surface area contributed by atoms with E-state index in [2.05, 4.69) is 15.1 Å². The smallest absolute Gasteiger partial charge is 0.237 e. The minimum Gasteiger partial charge on any atom is -0.392 e. The second kappa shape index (κ2) is 8.85. The summed E-state index contributed by atoms with van der Waals surface area (Å²) in [5.41, 5.74) is 0. The highest BCUT2D eigenvalue weighted by Crippen LogP contribution is 2.17. The summed E-state index contributed by atoms with van der Waals surface area (Å²) in [5.74, 6) is 0.191. The minimum absolute atomic E-state index is 0.0445. The molecule has 22 heavy (non-hydrogen) atoms. The van der Waals surface area contributed by atoms with Gasteiger partial charge in [-0.05, 0) is 26.7 Å². The SMILES string of the molecule is C[C@H](C(=O)NC1CCCCCC1)N1CCN(C[C@@H](C)O)CC1. The first-order chi connectivity index (χ1) is 10.6. The molecule has 1 saturated heterocycles. The summed E-state index contributed by atoms with van der Waals surface area (Å²) in [4.78, 5) is 17.0. The van der Waals surface area contributed by atoms with E-state index in [-0.39, 0.29) is 18.1 Å². The van der Waals surface area contributed by atoms with Crippen molar-refractivity contribution in [2.24, 2.45) is 0 Å². The molecule has 1 heterocycles. The number of hydrogen-bond acceptors (Lipinski definition) is 4. The summed E-state index contributed by atoms with van der Waals surface area (Å²) in [7, 11) is 0. The fourth-order valence-electron chi connectivity index (χ4n) is 3.62. The van der Waals surface area contributed by atoms with Gasteiger partial charge in [0.1, 0.15) is 0 Å². The monoisotopic (exact) mass is 311 g/mol. The van der Waals surface area contributed by atoms with Crippen LogP contribution in [0.25, 0.3) is 0 Å². The zero-order chi connectivity index (χ0) is 15.9. The average Bonchev–Trinajstić information content (AvgIpc) is 2.75. The summed E-state index contributed by atoms with van der Waals surface area (Å²) < 4.78 is 0. The van der Waals surface area contributed by atoms with Crippen molar-refractivity contribution in [1.29, 1.82) is 0 Å². The van der Waals surface area contributed by atoms with Gasteiger partial charge in [0, 0.05) is 38.8 Å². The Labute approximate surface area is 135 Å². The molecule has 5 nitrogen and oxygen atoms in total. The summed E-state index contributed by atoms with van der Waals surface area (Å²) in [6, 6.07) is 0.339. The van der Waals surface area contributed by atoms with Crippen molar-refractivity contribution in [3.05, 3.63) is 0 Å². The number of aliphatic hydroxyl groups is 1. The van der Waals surface area contributed by atoms with Crippen LogP contribution < -0.4 is 5.32 Å². The third kappa shape index (κ3) is 5.52. The van der Waals surface area contributed by atoms with E-state index in [0.717, 1.165) is 45.6 Å². The highest BCUT2D eigenvalue weighted by Gasteiger charge is 2.27. The van der Waals surface area contributed by atoms with Crippen molar-refractivity contribution in [2.45, 2.75) is 70.6 Å². The first-order valence-corrected chi connectivity index (χ1v) is 9.01. The molecule has 1 amide bonds. The average molecular weight is 311 g/mol. The van der Waals surface area contributed by atoms with E-state index in [1.807, 2.05) is 13.8 Å². The van der Waals surface area contributed by atoms with E-state index < -0.39 is 0 Å². The number of aliphatic hydroxyl groups excluding tert-OH is 1. The maximum Gasteiger partial charge on any atom is 0.237 e. The van der Waals surface area contributed by atoms with Gasteiger partial charge in [0.15, 0.2) is 0 Å². The van der Waals surface area contributed by atoms with Crippen molar-refractivity contribution >= 4 is 5.91 Å². The molecule has 1 aliphatic heterocycles. The van der Waals surface area contributed by atoms with Crippen LogP contribution in [-0.2, 0) is 4.79 Å². The molecule has 128 valence electrons. The summed E-state index contributed by atoms with van der Waals surface area (Å²) in [6.45, 7) is 8.28. The fraction of sp³-hybridized carbons (Fsp3) is 0.941. The molecule has 2 N–H and O–H groups in total. The molecule has 0 aromatic heterocycles. The van der Waals surface area contributed by atoms with Crippen LogP contribution in [0.2, 0.25) is 0 Å². The normalized spacial score (nSPS) is 25.4. The van der Waals surface area contributed by atoms with Gasteiger partial charge in [0.2, 0.25) is 5.91 Å². The lowest BCUT2D eigenvalue weighted by atomic mass is 10.1. The van der Waals surface area contributed by atoms with E-state index >= 15 is 0 Å². The number of hydrogen-bond donors (Lipinski definition) is 2. The van der Waals surface area contributed by atoms with Crippen LogP contribution in [0.4, 0.5) is 0 Å². The highest BCUT2D eigenvalue weighted by molar-refractivity contribution is 5.81. The van der Waals surface area contributed by atoms with Crippen LogP contribution >= 0.6 is 0 Å². The molecular formula is C17H33N3O2. The van der Waals surface area contributed by atoms with Gasteiger partial charge in [-0.1, -0.05) is 25.7 Å². The highest BCUT2D eigenvalue weighted by atomic mass is 16.3. The van der Waals surface area contributed by atoms with Crippen molar-refractivity contribution in [2.75, 3.05) is 32.7 Å². The van der Waals surface area contributed by atoms with Crippen molar-refractivity contribution < 1.29 is 9.90 Å². The molecule has 0 spiro atoms. The third-order valence-corrected chi connectivity index (χ3v) is 5.06. The summed E-state index contributed by atoms with van der Waals surface area (Å²) in [6.07, 6.45) is 7.12. The molecule has 5 heteroatoms. The Bertz CT molecular complexity index is 333. The molecule has 1 saturated carbocycles. The Morgan fingerprint density at radius 3 is 2.23 bits per heavy atom. The van der Waals surface area contributed by atoms with Gasteiger partial charge in [0.05, 0.1) is 12.1 Å². The maximum absolute atomic E-state index is 12.5. The lowest BCUT2D eigenvalue weighted by Gasteiger charge is -2.38. The first kappa shape index (κ1) is 17.7. The molecule has 0 bridgehead atoms. The minimum atomic E-state index is -0.275. The number of β-amino-alcohol motifs (C(OH)–C–C–N with tert-alkyl or cyclic N) is 1. The number of rotatable bonds is 5. The van der Waals surface area contributed by atoms with Crippen LogP contribution in [0, 0.1) is 0 Å². The number of nitrogens with zero attached hydrogens (tertiary/aromatic N) is 2. The van der Waals surface area contributed by atoms with E-state index in [4.69, 9.17) is 0 Å². The zero-order valence-corrected chi connectivity index (χ0v) is 14.3. The topological polar surface area (TPSA) is 55.8 Å². The van der Waals surface area contributed by atoms with Gasteiger partial charge in [-0.2, -0.15) is 0 Å². The first-order valence-electron chi connectivity index (χ1n) is 9.01. The Morgan fingerprint density at radius 1 is 1.09 bits per heavy atom. The molecule has 2 aliphatic rings. The van der Waals surface area contributed by atoms with Gasteiger partial charge in [-0.25, -0.2) is 0 Å². The number of carbonyl (C=O) groups is 1. The van der Waals surface area contributed by atoms with Crippen LogP contribution in [0.1, 0.15) is 52.4 Å². The maximum atomic E-state index is 12.5. The predicted octanol–water partition coefficient (Wildman–Crippen LogP) is 1.21. The van der Waals surface area contributed by atoms with Crippen LogP contribution in [-0.4, -0.2) is 71.7 Å². The molecule has 2 rings (SSSR count). The number of piperazine rings is 1. The molecule has 0 radical (unpaired) electrons. The molecule has 1 aliphatic carbocycles. The van der Waals surface area contributed by atoms with Crippen molar-refractivity contribution in [3.8, 4) is 0 Å². The van der Waals surface area contributed by atoms with Gasteiger partial charge in [-0.15, -0.1) is 0 Å². The quantitative estimate of drug-likeness (QED) is 0.750. The van der Waals surface area contributed by atoms with Gasteiger partial charge in [0.25, 0.3) is 0 Å². The molecule has 2 fully saturated rings.